The van der Waals surface area contributed by atoms with Crippen LogP contribution in [0.5, 0.6) is 11.5 Å². The van der Waals surface area contributed by atoms with Gasteiger partial charge in [0.15, 0.2) is 11.9 Å². The van der Waals surface area contributed by atoms with Gasteiger partial charge in [-0.1, -0.05) is 153 Å². The molecular weight excluding hydrogens is 794 g/mol. The number of fused-ring (bicyclic) bond motifs is 8. The summed E-state index contributed by atoms with van der Waals surface area (Å²) in [6.07, 6.45) is 5.27. The molecule has 0 saturated heterocycles. The van der Waals surface area contributed by atoms with Gasteiger partial charge < -0.3 is 14.4 Å². The molecule has 7 aromatic carbocycles. The quantitative estimate of drug-likeness (QED) is 0.143. The van der Waals surface area contributed by atoms with Crippen LogP contribution in [-0.4, -0.2) is 26.4 Å². The molecule has 1 aliphatic carbocycles. The van der Waals surface area contributed by atoms with Crippen molar-refractivity contribution in [3.63, 3.8) is 0 Å². The normalized spacial score (nSPS) is 16.1. The lowest BCUT2D eigenvalue weighted by Gasteiger charge is -2.38. The minimum absolute atomic E-state index is 0.250. The molecule has 1 unspecified atom stereocenters. The zero-order valence-electron chi connectivity index (χ0n) is 34.0. The highest BCUT2D eigenvalue weighted by atomic mass is 79.9. The van der Waals surface area contributed by atoms with E-state index in [0.717, 1.165) is 88.8 Å². The molecule has 59 heavy (non-hydrogen) atoms. The Morgan fingerprint density at radius 3 is 2.03 bits per heavy atom. The van der Waals surface area contributed by atoms with Crippen molar-refractivity contribution in [1.29, 1.82) is 0 Å². The third kappa shape index (κ3) is 5.87. The number of aldehydes is 1. The molecule has 5 nitrogen and oxygen atoms in total. The van der Waals surface area contributed by atoms with Crippen LogP contribution < -0.4 is 14.4 Å². The molecule has 0 N–H and O–H groups in total. The molecule has 292 valence electrons. The van der Waals surface area contributed by atoms with Crippen LogP contribution in [0, 0.1) is 0 Å². The van der Waals surface area contributed by atoms with E-state index in [2.05, 4.69) is 110 Å². The van der Waals surface area contributed by atoms with Crippen molar-refractivity contribution < 1.29 is 19.1 Å². The van der Waals surface area contributed by atoms with Crippen LogP contribution in [0.3, 0.4) is 0 Å². The van der Waals surface area contributed by atoms with Crippen molar-refractivity contribution in [3.8, 4) is 22.6 Å². The number of amides is 1. The molecule has 1 heterocycles. The summed E-state index contributed by atoms with van der Waals surface area (Å²) in [5.74, 6) is 1.29. The van der Waals surface area contributed by atoms with E-state index in [4.69, 9.17) is 9.47 Å². The summed E-state index contributed by atoms with van der Waals surface area (Å²) < 4.78 is 13.9. The molecular formula is C53H44BrNO4. The van der Waals surface area contributed by atoms with E-state index in [1.54, 1.807) is 19.1 Å². The molecule has 1 atom stereocenters. The maximum absolute atomic E-state index is 15.2. The fourth-order valence-corrected chi connectivity index (χ4v) is 9.67. The first kappa shape index (κ1) is 38.3. The van der Waals surface area contributed by atoms with E-state index >= 15 is 4.79 Å². The van der Waals surface area contributed by atoms with Crippen LogP contribution >= 0.6 is 15.9 Å². The predicted molar refractivity (Wildman–Crippen MR) is 242 cm³/mol. The van der Waals surface area contributed by atoms with E-state index in [1.165, 1.54) is 0 Å². The molecule has 1 amide bonds. The number of benzene rings is 7. The number of methoxy groups -OCH3 is 1. The summed E-state index contributed by atoms with van der Waals surface area (Å²) in [4.78, 5) is 30.8. The van der Waals surface area contributed by atoms with Crippen LogP contribution in [0.4, 0.5) is 5.69 Å². The fourth-order valence-electron chi connectivity index (χ4n) is 9.40. The third-order valence-electron chi connectivity index (χ3n) is 12.6. The summed E-state index contributed by atoms with van der Waals surface area (Å²) in [5, 5.41) is 1.88. The number of carbonyl (C=O) groups is 2. The monoisotopic (exact) mass is 837 g/mol. The number of anilines is 1. The molecule has 0 aromatic heterocycles. The minimum atomic E-state index is -0.939. The summed E-state index contributed by atoms with van der Waals surface area (Å²) in [7, 11) is 3.45. The van der Waals surface area contributed by atoms with Crippen molar-refractivity contribution in [2.45, 2.75) is 44.1 Å². The molecule has 0 saturated carbocycles. The Morgan fingerprint density at radius 1 is 0.780 bits per heavy atom. The lowest BCUT2D eigenvalue weighted by atomic mass is 9.71. The standard InChI is InChI=1S/C53H44BrNO4/c1-51(2,33-15-9-7-10-16-33)44-31-43-45(42(32-56)46(44)50(57)55(5)37-25-23-36(54)24-26-37)47-39-19-13-14-20-40(39)49-41(48(47)52(43,3)4)29-30-53(59-49,34-17-11-8-12-18-34)35-21-27-38(58-6)28-22-35/h7-32H,1-6H3. The SMILES string of the molecule is COc1ccc(C2(c3ccccc3)C=Cc3c4c(c5ccccc5c3O2)-c2c(cc(C(C)(C)c3ccccc3)c(C(=O)N(C)c3ccc(Br)cc3)c2C=O)C4(C)C)cc1. The van der Waals surface area contributed by atoms with E-state index in [0.29, 0.717) is 11.1 Å². The summed E-state index contributed by atoms with van der Waals surface area (Å²) in [5.41, 5.74) is 7.89. The van der Waals surface area contributed by atoms with Crippen LogP contribution in [0.15, 0.2) is 150 Å². The van der Waals surface area contributed by atoms with E-state index in [-0.39, 0.29) is 5.91 Å². The number of rotatable bonds is 8. The maximum atomic E-state index is 15.2. The fraction of sp³-hybridized carbons (Fsp3) is 0.170. The summed E-state index contributed by atoms with van der Waals surface area (Å²) >= 11 is 3.54. The molecule has 0 radical (unpaired) electrons. The van der Waals surface area contributed by atoms with Crippen LogP contribution in [-0.2, 0) is 16.4 Å². The van der Waals surface area contributed by atoms with Gasteiger partial charge in [-0.25, -0.2) is 0 Å². The van der Waals surface area contributed by atoms with Gasteiger partial charge in [0.25, 0.3) is 5.91 Å². The topological polar surface area (TPSA) is 55.8 Å². The Bertz CT molecular complexity index is 2830. The minimum Gasteiger partial charge on any atom is -0.497 e. The van der Waals surface area contributed by atoms with Crippen molar-refractivity contribution >= 4 is 50.7 Å². The summed E-state index contributed by atoms with van der Waals surface area (Å²) in [6, 6.07) is 46.7. The zero-order valence-corrected chi connectivity index (χ0v) is 35.6. The van der Waals surface area contributed by atoms with E-state index in [9.17, 15) is 4.79 Å². The Kier molecular flexibility index (Phi) is 9.24. The van der Waals surface area contributed by atoms with Gasteiger partial charge in [0, 0.05) is 55.7 Å². The average molecular weight is 839 g/mol. The number of hydrogen-bond donors (Lipinski definition) is 0. The van der Waals surface area contributed by atoms with Gasteiger partial charge in [-0.15, -0.1) is 0 Å². The second-order valence-corrected chi connectivity index (χ2v) is 17.4. The van der Waals surface area contributed by atoms with E-state index < -0.39 is 16.4 Å². The van der Waals surface area contributed by atoms with Gasteiger partial charge in [-0.05, 0) is 81.2 Å². The van der Waals surface area contributed by atoms with Crippen molar-refractivity contribution in [1.82, 2.24) is 0 Å². The first-order valence-electron chi connectivity index (χ1n) is 19.9. The van der Waals surface area contributed by atoms with Gasteiger partial charge in [0.05, 0.1) is 12.7 Å². The number of ether oxygens (including phenoxy) is 2. The molecule has 2 aliphatic rings. The molecule has 1 aliphatic heterocycles. The van der Waals surface area contributed by atoms with E-state index in [1.807, 2.05) is 84.9 Å². The van der Waals surface area contributed by atoms with Gasteiger partial charge in [-0.2, -0.15) is 0 Å². The number of hydrogen-bond acceptors (Lipinski definition) is 4. The lowest BCUT2D eigenvalue weighted by Crippen LogP contribution is -2.35. The third-order valence-corrected chi connectivity index (χ3v) is 13.1. The Balaban J connectivity index is 1.34. The molecule has 7 aromatic rings. The second-order valence-electron chi connectivity index (χ2n) is 16.5. The highest BCUT2D eigenvalue weighted by Crippen LogP contribution is 2.60. The number of halogens is 1. The van der Waals surface area contributed by atoms with Gasteiger partial charge >= 0.3 is 0 Å². The number of carbonyl (C=O) groups excluding carboxylic acids is 2. The largest absolute Gasteiger partial charge is 0.497 e. The van der Waals surface area contributed by atoms with Gasteiger partial charge in [0.2, 0.25) is 0 Å². The predicted octanol–water partition coefficient (Wildman–Crippen LogP) is 12.7. The zero-order chi connectivity index (χ0) is 41.3. The van der Waals surface area contributed by atoms with Crippen LogP contribution in [0.2, 0.25) is 0 Å². The van der Waals surface area contributed by atoms with Crippen LogP contribution in [0.1, 0.15) is 87.4 Å². The molecule has 9 rings (SSSR count). The molecule has 6 heteroatoms. The average Bonchev–Trinajstić information content (AvgIpc) is 3.52. The van der Waals surface area contributed by atoms with Crippen LogP contribution in [0.25, 0.3) is 28.0 Å². The molecule has 0 spiro atoms. The first-order chi connectivity index (χ1) is 28.4. The summed E-state index contributed by atoms with van der Waals surface area (Å²) in [6.45, 7) is 8.74. The van der Waals surface area contributed by atoms with Crippen molar-refractivity contribution in [2.75, 3.05) is 19.1 Å². The van der Waals surface area contributed by atoms with Crippen molar-refractivity contribution in [3.05, 3.63) is 200 Å². The highest BCUT2D eigenvalue weighted by molar-refractivity contribution is 9.10. The smallest absolute Gasteiger partial charge is 0.259 e. The van der Waals surface area contributed by atoms with Crippen molar-refractivity contribution in [2.24, 2.45) is 0 Å². The highest BCUT2D eigenvalue weighted by Gasteiger charge is 2.47. The Hall–Kier alpha value is -6.24. The Morgan fingerprint density at radius 2 is 1.39 bits per heavy atom. The number of nitrogens with zero attached hydrogens (tertiary/aromatic N) is 1. The van der Waals surface area contributed by atoms with Gasteiger partial charge in [-0.3, -0.25) is 9.59 Å². The molecule has 0 bridgehead atoms. The Labute approximate surface area is 354 Å². The lowest BCUT2D eigenvalue weighted by molar-refractivity contribution is 0.0984. The van der Waals surface area contributed by atoms with Gasteiger partial charge in [0.1, 0.15) is 11.5 Å². The maximum Gasteiger partial charge on any atom is 0.259 e. The first-order valence-corrected chi connectivity index (χ1v) is 20.7. The second kappa shape index (κ2) is 14.2. The molecule has 0 fully saturated rings.